The van der Waals surface area contributed by atoms with Crippen molar-refractivity contribution < 1.29 is 9.59 Å². The summed E-state index contributed by atoms with van der Waals surface area (Å²) >= 11 is 6.08. The lowest BCUT2D eigenvalue weighted by atomic mass is 10.2. The number of carbonyl (C=O) groups excluding carboxylic acids is 2. The number of piperazine rings is 1. The summed E-state index contributed by atoms with van der Waals surface area (Å²) in [5, 5.41) is 0.714. The summed E-state index contributed by atoms with van der Waals surface area (Å²) < 4.78 is 0. The molecule has 2 saturated heterocycles. The highest BCUT2D eigenvalue weighted by Crippen LogP contribution is 2.22. The first-order valence-electron chi connectivity index (χ1n) is 9.51. The minimum absolute atomic E-state index is 0.00834. The van der Waals surface area contributed by atoms with Crippen molar-refractivity contribution in [1.29, 1.82) is 0 Å². The SMILES string of the molecule is O=C(CN1CCN(c2ccccc2)C1=O)N1CCN(c2cccc(Cl)c2)CC1. The lowest BCUT2D eigenvalue weighted by molar-refractivity contribution is -0.131. The van der Waals surface area contributed by atoms with Crippen LogP contribution in [0, 0.1) is 0 Å². The smallest absolute Gasteiger partial charge is 0.325 e. The third-order valence-electron chi connectivity index (χ3n) is 5.29. The van der Waals surface area contributed by atoms with Gasteiger partial charge in [-0.1, -0.05) is 35.9 Å². The Morgan fingerprint density at radius 1 is 0.857 bits per heavy atom. The quantitative estimate of drug-likeness (QED) is 0.795. The van der Waals surface area contributed by atoms with Gasteiger partial charge in [-0.2, -0.15) is 0 Å². The maximum absolute atomic E-state index is 12.7. The van der Waals surface area contributed by atoms with Crippen LogP contribution in [0.15, 0.2) is 54.6 Å². The highest BCUT2D eigenvalue weighted by Gasteiger charge is 2.32. The molecule has 2 aromatic carbocycles. The molecule has 2 aliphatic rings. The molecule has 0 bridgehead atoms. The maximum atomic E-state index is 12.7. The van der Waals surface area contributed by atoms with Crippen molar-refractivity contribution in [1.82, 2.24) is 9.80 Å². The lowest BCUT2D eigenvalue weighted by Gasteiger charge is -2.36. The molecule has 7 heteroatoms. The van der Waals surface area contributed by atoms with Gasteiger partial charge < -0.3 is 14.7 Å². The van der Waals surface area contributed by atoms with Crippen LogP contribution in [-0.2, 0) is 4.79 Å². The van der Waals surface area contributed by atoms with Crippen LogP contribution in [0.1, 0.15) is 0 Å². The number of anilines is 2. The standard InChI is InChI=1S/C21H23ClN4O2/c22-17-5-4-8-19(15-17)23-9-11-24(12-10-23)20(27)16-25-13-14-26(21(25)28)18-6-2-1-3-7-18/h1-8,15H,9-14,16H2. The molecule has 0 saturated carbocycles. The first kappa shape index (κ1) is 18.6. The number of urea groups is 1. The van der Waals surface area contributed by atoms with E-state index in [-0.39, 0.29) is 18.5 Å². The molecular weight excluding hydrogens is 376 g/mol. The number of amides is 3. The number of para-hydroxylation sites is 1. The predicted octanol–water partition coefficient (Wildman–Crippen LogP) is 2.93. The number of hydrogen-bond donors (Lipinski definition) is 0. The third kappa shape index (κ3) is 3.92. The molecule has 0 unspecified atom stereocenters. The molecule has 146 valence electrons. The van der Waals surface area contributed by atoms with Crippen LogP contribution >= 0.6 is 11.6 Å². The molecule has 4 rings (SSSR count). The van der Waals surface area contributed by atoms with Crippen LogP contribution in [0.25, 0.3) is 0 Å². The Hall–Kier alpha value is -2.73. The molecule has 2 aromatic rings. The average molecular weight is 399 g/mol. The van der Waals surface area contributed by atoms with E-state index < -0.39 is 0 Å². The summed E-state index contributed by atoms with van der Waals surface area (Å²) in [6.45, 7) is 4.14. The first-order valence-corrected chi connectivity index (χ1v) is 9.89. The van der Waals surface area contributed by atoms with Crippen LogP contribution in [0.4, 0.5) is 16.2 Å². The molecule has 2 heterocycles. The van der Waals surface area contributed by atoms with Gasteiger partial charge in [-0.05, 0) is 30.3 Å². The summed E-state index contributed by atoms with van der Waals surface area (Å²) in [5.41, 5.74) is 1.95. The van der Waals surface area contributed by atoms with Crippen molar-refractivity contribution in [3.05, 3.63) is 59.6 Å². The zero-order chi connectivity index (χ0) is 19.5. The monoisotopic (exact) mass is 398 g/mol. The number of hydrogen-bond acceptors (Lipinski definition) is 3. The fourth-order valence-corrected chi connectivity index (χ4v) is 3.91. The Morgan fingerprint density at radius 3 is 2.29 bits per heavy atom. The zero-order valence-electron chi connectivity index (χ0n) is 15.6. The van der Waals surface area contributed by atoms with E-state index in [0.717, 1.165) is 24.5 Å². The highest BCUT2D eigenvalue weighted by molar-refractivity contribution is 6.30. The molecular formula is C21H23ClN4O2. The molecule has 0 spiro atoms. The van der Waals surface area contributed by atoms with Crippen LogP contribution in [0.3, 0.4) is 0 Å². The second-order valence-corrected chi connectivity index (χ2v) is 7.48. The Morgan fingerprint density at radius 2 is 1.57 bits per heavy atom. The molecule has 0 aromatic heterocycles. The minimum Gasteiger partial charge on any atom is -0.368 e. The normalized spacial score (nSPS) is 17.4. The van der Waals surface area contributed by atoms with Gasteiger partial charge >= 0.3 is 6.03 Å². The van der Waals surface area contributed by atoms with Gasteiger partial charge in [-0.25, -0.2) is 4.79 Å². The molecule has 0 atom stereocenters. The van der Waals surface area contributed by atoms with E-state index in [1.54, 1.807) is 9.80 Å². The van der Waals surface area contributed by atoms with Gasteiger partial charge in [-0.3, -0.25) is 9.69 Å². The predicted molar refractivity (Wildman–Crippen MR) is 111 cm³/mol. The second-order valence-electron chi connectivity index (χ2n) is 7.04. The zero-order valence-corrected chi connectivity index (χ0v) is 16.4. The van der Waals surface area contributed by atoms with Crippen LogP contribution in [-0.4, -0.2) is 67.6 Å². The lowest BCUT2D eigenvalue weighted by Crippen LogP contribution is -2.51. The van der Waals surface area contributed by atoms with Crippen molar-refractivity contribution in [3.63, 3.8) is 0 Å². The Kier molecular flexibility index (Phi) is 5.39. The van der Waals surface area contributed by atoms with E-state index >= 15 is 0 Å². The van der Waals surface area contributed by atoms with Gasteiger partial charge in [0, 0.05) is 55.7 Å². The van der Waals surface area contributed by atoms with E-state index in [1.165, 1.54) is 0 Å². The van der Waals surface area contributed by atoms with Gasteiger partial charge in [-0.15, -0.1) is 0 Å². The van der Waals surface area contributed by atoms with E-state index in [0.29, 0.717) is 31.2 Å². The number of carbonyl (C=O) groups is 2. The Balaban J connectivity index is 1.31. The molecule has 0 radical (unpaired) electrons. The van der Waals surface area contributed by atoms with Gasteiger partial charge in [0.1, 0.15) is 6.54 Å². The van der Waals surface area contributed by atoms with E-state index in [1.807, 2.05) is 59.5 Å². The first-order chi connectivity index (χ1) is 13.6. The average Bonchev–Trinajstić information content (AvgIpc) is 3.09. The molecule has 3 amide bonds. The summed E-state index contributed by atoms with van der Waals surface area (Å²) in [6.07, 6.45) is 0. The van der Waals surface area contributed by atoms with Gasteiger partial charge in [0.15, 0.2) is 0 Å². The molecule has 0 N–H and O–H groups in total. The van der Waals surface area contributed by atoms with Crippen molar-refractivity contribution in [2.75, 3.05) is 55.6 Å². The minimum atomic E-state index is -0.0999. The Labute approximate surface area is 169 Å². The Bertz CT molecular complexity index is 852. The summed E-state index contributed by atoms with van der Waals surface area (Å²) in [7, 11) is 0. The van der Waals surface area contributed by atoms with Crippen molar-refractivity contribution in [3.8, 4) is 0 Å². The van der Waals surface area contributed by atoms with Gasteiger partial charge in [0.25, 0.3) is 0 Å². The number of benzene rings is 2. The van der Waals surface area contributed by atoms with Crippen LogP contribution in [0.5, 0.6) is 0 Å². The molecule has 2 fully saturated rings. The second kappa shape index (κ2) is 8.10. The van der Waals surface area contributed by atoms with Gasteiger partial charge in [0.2, 0.25) is 5.91 Å². The van der Waals surface area contributed by atoms with E-state index in [9.17, 15) is 9.59 Å². The fraction of sp³-hybridized carbons (Fsp3) is 0.333. The van der Waals surface area contributed by atoms with Crippen molar-refractivity contribution in [2.45, 2.75) is 0 Å². The molecule has 2 aliphatic heterocycles. The van der Waals surface area contributed by atoms with Gasteiger partial charge in [0.05, 0.1) is 0 Å². The summed E-state index contributed by atoms with van der Waals surface area (Å²) in [5.74, 6) is 0.00834. The van der Waals surface area contributed by atoms with Crippen LogP contribution in [0.2, 0.25) is 5.02 Å². The van der Waals surface area contributed by atoms with E-state index in [4.69, 9.17) is 11.6 Å². The third-order valence-corrected chi connectivity index (χ3v) is 5.53. The van der Waals surface area contributed by atoms with E-state index in [2.05, 4.69) is 4.90 Å². The summed E-state index contributed by atoms with van der Waals surface area (Å²) in [6, 6.07) is 17.3. The number of rotatable bonds is 4. The fourth-order valence-electron chi connectivity index (χ4n) is 3.73. The number of nitrogens with zero attached hydrogens (tertiary/aromatic N) is 4. The molecule has 6 nitrogen and oxygen atoms in total. The topological polar surface area (TPSA) is 47.1 Å². The number of halogens is 1. The highest BCUT2D eigenvalue weighted by atomic mass is 35.5. The van der Waals surface area contributed by atoms with Crippen LogP contribution < -0.4 is 9.80 Å². The largest absolute Gasteiger partial charge is 0.368 e. The maximum Gasteiger partial charge on any atom is 0.325 e. The van der Waals surface area contributed by atoms with Crippen molar-refractivity contribution >= 4 is 34.9 Å². The molecule has 28 heavy (non-hydrogen) atoms. The summed E-state index contributed by atoms with van der Waals surface area (Å²) in [4.78, 5) is 32.8. The van der Waals surface area contributed by atoms with Crippen molar-refractivity contribution in [2.24, 2.45) is 0 Å². The molecule has 0 aliphatic carbocycles.